The summed E-state index contributed by atoms with van der Waals surface area (Å²) in [4.78, 5) is 14.7. The van der Waals surface area contributed by atoms with Crippen LogP contribution in [0.4, 0.5) is 5.69 Å². The van der Waals surface area contributed by atoms with Crippen LogP contribution in [-0.2, 0) is 14.8 Å². The fraction of sp³-hybridized carbons (Fsp3) is 0.348. The van der Waals surface area contributed by atoms with Crippen molar-refractivity contribution in [2.45, 2.75) is 18.7 Å². The Bertz CT molecular complexity index is 1010. The molecule has 1 aliphatic rings. The van der Waals surface area contributed by atoms with Gasteiger partial charge in [-0.2, -0.15) is 4.31 Å². The molecule has 1 N–H and O–H groups in total. The van der Waals surface area contributed by atoms with Crippen LogP contribution in [0.3, 0.4) is 0 Å². The van der Waals surface area contributed by atoms with Crippen molar-refractivity contribution in [2.24, 2.45) is 0 Å². The highest BCUT2D eigenvalue weighted by molar-refractivity contribution is 7.89. The molecule has 0 bridgehead atoms. The average Bonchev–Trinajstić information content (AvgIpc) is 2.79. The van der Waals surface area contributed by atoms with Gasteiger partial charge in [-0.3, -0.25) is 4.79 Å². The number of carbonyl (C=O) groups excluding carboxylic acids is 1. The van der Waals surface area contributed by atoms with E-state index in [0.29, 0.717) is 31.1 Å². The molecule has 8 heteroatoms. The minimum atomic E-state index is -3.53. The predicted octanol–water partition coefficient (Wildman–Crippen LogP) is 3.06. The normalized spacial score (nSPS) is 15.8. The first-order chi connectivity index (χ1) is 14.9. The van der Waals surface area contributed by atoms with E-state index in [9.17, 15) is 13.2 Å². The van der Waals surface area contributed by atoms with Gasteiger partial charge in [0.25, 0.3) is 0 Å². The third-order valence-corrected chi connectivity index (χ3v) is 7.08. The van der Waals surface area contributed by atoms with Gasteiger partial charge in [-0.1, -0.05) is 25.1 Å². The predicted molar refractivity (Wildman–Crippen MR) is 123 cm³/mol. The molecule has 0 aromatic heterocycles. The molecule has 0 saturated carbocycles. The molecular weight excluding hydrogens is 414 g/mol. The highest BCUT2D eigenvalue weighted by Crippen LogP contribution is 2.21. The summed E-state index contributed by atoms with van der Waals surface area (Å²) in [7, 11) is -3.53. The van der Waals surface area contributed by atoms with Crippen LogP contribution in [0, 0.1) is 0 Å². The number of sulfonamides is 1. The monoisotopic (exact) mass is 443 g/mol. The first-order valence-electron chi connectivity index (χ1n) is 10.5. The number of hydrogen-bond donors (Lipinski definition) is 1. The second-order valence-corrected chi connectivity index (χ2v) is 9.09. The van der Waals surface area contributed by atoms with Crippen LogP contribution in [0.25, 0.3) is 6.08 Å². The summed E-state index contributed by atoms with van der Waals surface area (Å²) in [6.07, 6.45) is 3.12. The number of likely N-dealkylation sites (N-methyl/N-ethyl adjacent to an activating group) is 1. The summed E-state index contributed by atoms with van der Waals surface area (Å²) in [5.41, 5.74) is 1.34. The number of ether oxygens (including phenoxy) is 1. The van der Waals surface area contributed by atoms with E-state index in [1.807, 2.05) is 31.2 Å². The average molecular weight is 444 g/mol. The summed E-state index contributed by atoms with van der Waals surface area (Å²) in [6, 6.07) is 13.8. The summed E-state index contributed by atoms with van der Waals surface area (Å²) in [6.45, 7) is 7.90. The van der Waals surface area contributed by atoms with Crippen molar-refractivity contribution in [3.05, 3.63) is 60.2 Å². The van der Waals surface area contributed by atoms with Gasteiger partial charge in [0.15, 0.2) is 0 Å². The molecule has 166 valence electrons. The van der Waals surface area contributed by atoms with E-state index < -0.39 is 10.0 Å². The Morgan fingerprint density at radius 3 is 2.35 bits per heavy atom. The molecule has 1 amide bonds. The minimum absolute atomic E-state index is 0.233. The van der Waals surface area contributed by atoms with Gasteiger partial charge < -0.3 is 15.0 Å². The number of nitrogens with zero attached hydrogens (tertiary/aromatic N) is 2. The van der Waals surface area contributed by atoms with Crippen LogP contribution in [0.5, 0.6) is 5.75 Å². The Morgan fingerprint density at radius 1 is 1.03 bits per heavy atom. The fourth-order valence-electron chi connectivity index (χ4n) is 3.40. The number of benzene rings is 2. The lowest BCUT2D eigenvalue weighted by Gasteiger charge is -2.33. The first-order valence-corrected chi connectivity index (χ1v) is 11.9. The molecule has 0 radical (unpaired) electrons. The lowest BCUT2D eigenvalue weighted by Crippen LogP contribution is -2.48. The van der Waals surface area contributed by atoms with Crippen molar-refractivity contribution in [1.29, 1.82) is 0 Å². The summed E-state index contributed by atoms with van der Waals surface area (Å²) in [5, 5.41) is 2.75. The standard InChI is InChI=1S/C23H29N3O4S/c1-3-25-15-17-26(18-16-25)31(28,29)21-12-10-20(11-13-21)24-23(27)14-9-19-7-5-6-8-22(19)30-4-2/h5-14H,3-4,15-18H2,1-2H3,(H,24,27)/b14-9+. The molecular formula is C23H29N3O4S. The van der Waals surface area contributed by atoms with Crippen LogP contribution < -0.4 is 10.1 Å². The summed E-state index contributed by atoms with van der Waals surface area (Å²) >= 11 is 0. The van der Waals surface area contributed by atoms with Gasteiger partial charge in [0.2, 0.25) is 15.9 Å². The highest BCUT2D eigenvalue weighted by atomic mass is 32.2. The molecule has 3 rings (SSSR count). The molecule has 0 aliphatic carbocycles. The van der Waals surface area contributed by atoms with Crippen LogP contribution in [0.15, 0.2) is 59.5 Å². The highest BCUT2D eigenvalue weighted by Gasteiger charge is 2.27. The number of rotatable bonds is 8. The third kappa shape index (κ3) is 5.94. The number of nitrogens with one attached hydrogen (secondary N) is 1. The Morgan fingerprint density at radius 2 is 1.71 bits per heavy atom. The van der Waals surface area contributed by atoms with Gasteiger partial charge >= 0.3 is 0 Å². The van der Waals surface area contributed by atoms with E-state index in [1.54, 1.807) is 18.2 Å². The zero-order valence-corrected chi connectivity index (χ0v) is 18.8. The Labute approximate surface area is 184 Å². The van der Waals surface area contributed by atoms with Crippen LogP contribution >= 0.6 is 0 Å². The zero-order chi connectivity index (χ0) is 22.3. The lowest BCUT2D eigenvalue weighted by atomic mass is 10.2. The Balaban J connectivity index is 1.62. The summed E-state index contributed by atoms with van der Waals surface area (Å²) in [5.74, 6) is 0.404. The van der Waals surface area contributed by atoms with Crippen molar-refractivity contribution < 1.29 is 17.9 Å². The van der Waals surface area contributed by atoms with Crippen LogP contribution in [0.1, 0.15) is 19.4 Å². The molecule has 1 aliphatic heterocycles. The Kier molecular flexibility index (Phi) is 7.84. The second kappa shape index (κ2) is 10.6. The smallest absolute Gasteiger partial charge is 0.248 e. The Hall–Kier alpha value is -2.68. The zero-order valence-electron chi connectivity index (χ0n) is 18.0. The fourth-order valence-corrected chi connectivity index (χ4v) is 4.82. The molecule has 2 aromatic rings. The van der Waals surface area contributed by atoms with Crippen molar-refractivity contribution in [2.75, 3.05) is 44.6 Å². The van der Waals surface area contributed by atoms with E-state index in [-0.39, 0.29) is 10.8 Å². The number of hydrogen-bond acceptors (Lipinski definition) is 5. The van der Waals surface area contributed by atoms with Gasteiger partial charge in [0, 0.05) is 43.5 Å². The molecule has 0 atom stereocenters. The number of para-hydroxylation sites is 1. The van der Waals surface area contributed by atoms with Gasteiger partial charge in [-0.15, -0.1) is 0 Å². The number of carbonyl (C=O) groups is 1. The molecule has 31 heavy (non-hydrogen) atoms. The molecule has 1 heterocycles. The van der Waals surface area contributed by atoms with Crippen molar-refractivity contribution >= 4 is 27.7 Å². The second-order valence-electron chi connectivity index (χ2n) is 7.16. The number of anilines is 1. The maximum absolute atomic E-state index is 12.9. The van der Waals surface area contributed by atoms with Gasteiger partial charge in [-0.25, -0.2) is 8.42 Å². The number of piperazine rings is 1. The van der Waals surface area contributed by atoms with E-state index in [1.165, 1.54) is 22.5 Å². The van der Waals surface area contributed by atoms with Gasteiger partial charge in [-0.05, 0) is 49.9 Å². The largest absolute Gasteiger partial charge is 0.493 e. The van der Waals surface area contributed by atoms with Crippen LogP contribution in [0.2, 0.25) is 0 Å². The molecule has 2 aromatic carbocycles. The third-order valence-electron chi connectivity index (χ3n) is 5.17. The molecule has 0 unspecified atom stereocenters. The van der Waals surface area contributed by atoms with E-state index in [0.717, 1.165) is 25.2 Å². The maximum Gasteiger partial charge on any atom is 0.248 e. The van der Waals surface area contributed by atoms with Crippen molar-refractivity contribution in [1.82, 2.24) is 9.21 Å². The van der Waals surface area contributed by atoms with Crippen molar-refractivity contribution in [3.63, 3.8) is 0 Å². The lowest BCUT2D eigenvalue weighted by molar-refractivity contribution is -0.111. The quantitative estimate of drug-likeness (QED) is 0.635. The first kappa shape index (κ1) is 23.0. The van der Waals surface area contributed by atoms with E-state index in [2.05, 4.69) is 17.1 Å². The maximum atomic E-state index is 12.9. The van der Waals surface area contributed by atoms with E-state index in [4.69, 9.17) is 4.74 Å². The molecule has 0 spiro atoms. The van der Waals surface area contributed by atoms with Crippen LogP contribution in [-0.4, -0.2) is 62.9 Å². The molecule has 7 nitrogen and oxygen atoms in total. The van der Waals surface area contributed by atoms with Gasteiger partial charge in [0.05, 0.1) is 11.5 Å². The summed E-state index contributed by atoms with van der Waals surface area (Å²) < 4.78 is 32.8. The number of amides is 1. The van der Waals surface area contributed by atoms with Crippen molar-refractivity contribution in [3.8, 4) is 5.75 Å². The molecule has 1 saturated heterocycles. The molecule has 1 fully saturated rings. The van der Waals surface area contributed by atoms with Gasteiger partial charge in [0.1, 0.15) is 5.75 Å². The SMILES string of the molecule is CCOc1ccccc1/C=C/C(=O)Nc1ccc(S(=O)(=O)N2CCN(CC)CC2)cc1. The van der Waals surface area contributed by atoms with E-state index >= 15 is 0 Å². The minimum Gasteiger partial charge on any atom is -0.493 e. The topological polar surface area (TPSA) is 78.9 Å².